The Bertz CT molecular complexity index is 1420. The zero-order valence-electron chi connectivity index (χ0n) is 37.3. The molecule has 0 bridgehead atoms. The van der Waals surface area contributed by atoms with Gasteiger partial charge < -0.3 is 38.1 Å². The van der Waals surface area contributed by atoms with E-state index in [0.717, 1.165) is 57.8 Å². The summed E-state index contributed by atoms with van der Waals surface area (Å²) < 4.78 is 33.6. The van der Waals surface area contributed by atoms with Crippen LogP contribution in [0.4, 0.5) is 0 Å². The lowest BCUT2D eigenvalue weighted by atomic mass is 10.0. The van der Waals surface area contributed by atoms with E-state index in [-0.39, 0.29) is 38.7 Å². The number of likely N-dealkylation sites (N-methyl/N-ethyl adjacent to an activating group) is 1. The van der Waals surface area contributed by atoms with Gasteiger partial charge in [0.25, 0.3) is 7.82 Å². The SMILES string of the molecule is CC/C=C\C/C=C\C/C=C\C/C=C\C/C=C\CCCC(=O)O[C@H](COC(=O)CCC[C@H](O)[C@@H](O)C/C=C\C/C=C\C/C=C\C/C=C\CC)COP(=O)([O-])OCC[N+](C)(C)C. The van der Waals surface area contributed by atoms with E-state index in [1.54, 1.807) is 0 Å². The second-order valence-electron chi connectivity index (χ2n) is 15.2. The molecular formula is C48H78NO10P. The highest BCUT2D eigenvalue weighted by molar-refractivity contribution is 7.45. The fourth-order valence-corrected chi connectivity index (χ4v) is 5.74. The molecular weight excluding hydrogens is 781 g/mol. The third kappa shape index (κ3) is 40.0. The van der Waals surface area contributed by atoms with Crippen molar-refractivity contribution in [2.75, 3.05) is 47.5 Å². The van der Waals surface area contributed by atoms with Crippen LogP contribution in [0.25, 0.3) is 0 Å². The molecule has 0 radical (unpaired) electrons. The van der Waals surface area contributed by atoms with E-state index in [0.29, 0.717) is 23.9 Å². The highest BCUT2D eigenvalue weighted by Crippen LogP contribution is 2.38. The molecule has 60 heavy (non-hydrogen) atoms. The van der Waals surface area contributed by atoms with Crippen LogP contribution in [-0.2, 0) is 32.7 Å². The van der Waals surface area contributed by atoms with Crippen molar-refractivity contribution < 1.29 is 52.3 Å². The topological polar surface area (TPSA) is 152 Å². The van der Waals surface area contributed by atoms with E-state index in [4.69, 9.17) is 18.5 Å². The smallest absolute Gasteiger partial charge is 0.306 e. The number of carbonyl (C=O) groups excluding carboxylic acids is 2. The van der Waals surface area contributed by atoms with Gasteiger partial charge in [0, 0.05) is 12.8 Å². The van der Waals surface area contributed by atoms with Gasteiger partial charge in [-0.25, -0.2) is 0 Å². The molecule has 0 aromatic carbocycles. The third-order valence-corrected chi connectivity index (χ3v) is 9.45. The zero-order chi connectivity index (χ0) is 44.6. The monoisotopic (exact) mass is 860 g/mol. The van der Waals surface area contributed by atoms with Crippen molar-refractivity contribution in [1.29, 1.82) is 0 Å². The lowest BCUT2D eigenvalue weighted by Crippen LogP contribution is -2.37. The summed E-state index contributed by atoms with van der Waals surface area (Å²) in [7, 11) is 0.952. The molecule has 0 saturated carbocycles. The lowest BCUT2D eigenvalue weighted by molar-refractivity contribution is -0.870. The maximum absolute atomic E-state index is 12.7. The van der Waals surface area contributed by atoms with Crippen molar-refractivity contribution in [3.05, 3.63) is 109 Å². The Balaban J connectivity index is 4.73. The summed E-state index contributed by atoms with van der Waals surface area (Å²) >= 11 is 0. The molecule has 0 fully saturated rings. The number of hydrogen-bond donors (Lipinski definition) is 2. The first kappa shape index (κ1) is 56.6. The molecule has 0 aliphatic carbocycles. The molecule has 0 saturated heterocycles. The molecule has 0 aromatic rings. The quantitative estimate of drug-likeness (QED) is 0.0203. The van der Waals surface area contributed by atoms with Gasteiger partial charge >= 0.3 is 11.9 Å². The molecule has 0 spiro atoms. The average molecular weight is 860 g/mol. The van der Waals surface area contributed by atoms with Crippen molar-refractivity contribution in [1.82, 2.24) is 0 Å². The maximum atomic E-state index is 12.7. The number of nitrogens with zero attached hydrogens (tertiary/aromatic N) is 1. The Morgan fingerprint density at radius 3 is 1.53 bits per heavy atom. The predicted molar refractivity (Wildman–Crippen MR) is 243 cm³/mol. The van der Waals surface area contributed by atoms with Crippen molar-refractivity contribution in [2.45, 2.75) is 135 Å². The van der Waals surface area contributed by atoms with Crippen LogP contribution in [0.2, 0.25) is 0 Å². The largest absolute Gasteiger partial charge is 0.756 e. The van der Waals surface area contributed by atoms with Crippen LogP contribution >= 0.6 is 7.82 Å². The number of aliphatic hydroxyl groups excluding tert-OH is 2. The number of carbonyl (C=O) groups is 2. The number of aliphatic hydroxyl groups is 2. The standard InChI is InChI=1S/C48H78NO10P/c1-6-8-10-12-14-16-18-20-21-22-23-24-26-28-30-32-34-38-48(53)59-44(43-58-60(54,55)57-41-40-49(3,4)5)42-56-47(52)39-35-37-46(51)45(50)36-33-31-29-27-25-19-17-15-13-11-9-7-2/h8-11,14-17,20-21,23-25,27-28,30-31,33,44-46,50-51H,6-7,12-13,18-19,22,26,29,32,34-43H2,1-5H3/b10-8-,11-9-,16-14-,17-15-,21-20-,24-23-,27-25-,30-28-,33-31-/t44-,45+,46+/m1/s1. The van der Waals surface area contributed by atoms with Crippen molar-refractivity contribution in [2.24, 2.45) is 0 Å². The summed E-state index contributed by atoms with van der Waals surface area (Å²) in [5.74, 6) is -1.20. The van der Waals surface area contributed by atoms with Gasteiger partial charge in [0.1, 0.15) is 19.8 Å². The molecule has 11 nitrogen and oxygen atoms in total. The van der Waals surface area contributed by atoms with Crippen LogP contribution in [-0.4, -0.2) is 92.5 Å². The molecule has 0 aliphatic heterocycles. The Morgan fingerprint density at radius 1 is 0.600 bits per heavy atom. The highest BCUT2D eigenvalue weighted by Gasteiger charge is 2.22. The van der Waals surface area contributed by atoms with E-state index < -0.39 is 51.3 Å². The van der Waals surface area contributed by atoms with Gasteiger partial charge in [-0.15, -0.1) is 0 Å². The number of phosphoric acid groups is 1. The molecule has 0 aliphatic rings. The lowest BCUT2D eigenvalue weighted by Gasteiger charge is -2.28. The third-order valence-electron chi connectivity index (χ3n) is 8.49. The Hall–Kier alpha value is -3.41. The van der Waals surface area contributed by atoms with Crippen molar-refractivity contribution in [3.63, 3.8) is 0 Å². The van der Waals surface area contributed by atoms with E-state index >= 15 is 0 Å². The van der Waals surface area contributed by atoms with Gasteiger partial charge in [-0.3, -0.25) is 14.2 Å². The summed E-state index contributed by atoms with van der Waals surface area (Å²) in [4.78, 5) is 37.6. The van der Waals surface area contributed by atoms with Gasteiger partial charge in [-0.1, -0.05) is 123 Å². The summed E-state index contributed by atoms with van der Waals surface area (Å²) in [6.07, 6.45) is 44.5. The Labute approximate surface area is 362 Å². The Kier molecular flexibility index (Phi) is 36.3. The number of phosphoric ester groups is 1. The predicted octanol–water partition coefficient (Wildman–Crippen LogP) is 9.66. The van der Waals surface area contributed by atoms with E-state index in [9.17, 15) is 29.3 Å². The van der Waals surface area contributed by atoms with E-state index in [1.807, 2.05) is 51.5 Å². The minimum atomic E-state index is -4.72. The van der Waals surface area contributed by atoms with Crippen LogP contribution in [0.3, 0.4) is 0 Å². The second-order valence-corrected chi connectivity index (χ2v) is 16.7. The van der Waals surface area contributed by atoms with Gasteiger partial charge in [0.2, 0.25) is 0 Å². The maximum Gasteiger partial charge on any atom is 0.306 e. The zero-order valence-corrected chi connectivity index (χ0v) is 38.2. The van der Waals surface area contributed by atoms with Gasteiger partial charge in [0.15, 0.2) is 6.10 Å². The molecule has 2 N–H and O–H groups in total. The first-order valence-corrected chi connectivity index (χ1v) is 23.2. The van der Waals surface area contributed by atoms with E-state index in [1.165, 1.54) is 0 Å². The van der Waals surface area contributed by atoms with Gasteiger partial charge in [-0.05, 0) is 89.9 Å². The highest BCUT2D eigenvalue weighted by atomic mass is 31.2. The van der Waals surface area contributed by atoms with Crippen LogP contribution in [0.15, 0.2) is 109 Å². The number of rotatable bonds is 37. The summed E-state index contributed by atoms with van der Waals surface area (Å²) in [6, 6.07) is 0. The fourth-order valence-electron chi connectivity index (χ4n) is 5.01. The first-order chi connectivity index (χ1) is 28.8. The molecule has 1 unspecified atom stereocenters. The normalized spacial score (nSPS) is 15.7. The first-order valence-electron chi connectivity index (χ1n) is 21.8. The number of hydrogen-bond acceptors (Lipinski definition) is 10. The van der Waals surface area contributed by atoms with Crippen LogP contribution in [0.5, 0.6) is 0 Å². The molecule has 340 valence electrons. The van der Waals surface area contributed by atoms with Crippen molar-refractivity contribution in [3.8, 4) is 0 Å². The molecule has 4 atom stereocenters. The van der Waals surface area contributed by atoms with Crippen LogP contribution < -0.4 is 4.89 Å². The van der Waals surface area contributed by atoms with E-state index in [2.05, 4.69) is 92.8 Å². The van der Waals surface area contributed by atoms with Crippen LogP contribution in [0.1, 0.15) is 117 Å². The summed E-state index contributed by atoms with van der Waals surface area (Å²) in [5.41, 5.74) is 0. The number of unbranched alkanes of at least 4 members (excludes halogenated alkanes) is 1. The van der Waals surface area contributed by atoms with Gasteiger partial charge in [0.05, 0.1) is 40.0 Å². The molecule has 0 aromatic heterocycles. The summed E-state index contributed by atoms with van der Waals surface area (Å²) in [5, 5.41) is 20.7. The molecule has 0 rings (SSSR count). The molecule has 0 amide bonds. The number of quaternary nitrogens is 1. The fraction of sp³-hybridized carbons (Fsp3) is 0.583. The Morgan fingerprint density at radius 2 is 1.05 bits per heavy atom. The second kappa shape index (κ2) is 38.5. The summed E-state index contributed by atoms with van der Waals surface area (Å²) in [6.45, 7) is 3.55. The number of esters is 2. The minimum absolute atomic E-state index is 0.0588. The van der Waals surface area contributed by atoms with Crippen LogP contribution in [0, 0.1) is 0 Å². The molecule has 0 heterocycles. The van der Waals surface area contributed by atoms with Crippen molar-refractivity contribution >= 4 is 19.8 Å². The molecule has 12 heteroatoms. The van der Waals surface area contributed by atoms with Gasteiger partial charge in [-0.2, -0.15) is 0 Å². The number of ether oxygens (including phenoxy) is 2. The minimum Gasteiger partial charge on any atom is -0.756 e. The average Bonchev–Trinajstić information content (AvgIpc) is 3.19. The number of allylic oxidation sites excluding steroid dienone is 17.